The molecular formula is C45H63N3O5. The van der Waals surface area contributed by atoms with Gasteiger partial charge in [0.05, 0.1) is 0 Å². The average Bonchev–Trinajstić information content (AvgIpc) is 3.18. The number of nitrogens with zero attached hydrogens (tertiary/aromatic N) is 1. The highest BCUT2D eigenvalue weighted by atomic mass is 16.6. The summed E-state index contributed by atoms with van der Waals surface area (Å²) in [6, 6.07) is 23.0. The number of rotatable bonds is 23. The number of unbranched alkanes of at least 4 members (excludes halogenated alkanes) is 4. The zero-order chi connectivity index (χ0) is 37.7. The van der Waals surface area contributed by atoms with Crippen molar-refractivity contribution in [2.45, 2.75) is 136 Å². The molecular weight excluding hydrogens is 663 g/mol. The Hall–Kier alpha value is -4.33. The molecule has 1 aliphatic rings. The van der Waals surface area contributed by atoms with E-state index in [1.165, 1.54) is 60.8 Å². The first kappa shape index (κ1) is 41.4. The van der Waals surface area contributed by atoms with E-state index in [0.29, 0.717) is 31.8 Å². The van der Waals surface area contributed by atoms with Crippen LogP contribution >= 0.6 is 0 Å². The standard InChI is InChI=1S/C45H63N3O5/c1-3-4-5-8-18-35(2)19-17-32-48(45(51)53-34-37-22-11-7-12-23-37)42(43(46)49)30-29-39-28-27-38(40-25-13-14-26-41(39)40)24-15-16-31-47-44(50)52-33-36-20-9-6-10-21-36/h6-7,9-12,20-23,27-28,35,42H,3-5,8,13-19,24-26,29-34H2,1-2H3,(H2,46,49)(H,47,50)/t35?,42-/m0/s1. The van der Waals surface area contributed by atoms with Gasteiger partial charge in [-0.3, -0.25) is 9.69 Å². The minimum Gasteiger partial charge on any atom is -0.445 e. The number of nitrogens with one attached hydrogen (secondary N) is 1. The van der Waals surface area contributed by atoms with Crippen molar-refractivity contribution in [3.05, 3.63) is 106 Å². The number of carbonyl (C=O) groups is 3. The van der Waals surface area contributed by atoms with E-state index >= 15 is 0 Å². The Bertz CT molecular complexity index is 1530. The van der Waals surface area contributed by atoms with Crippen LogP contribution in [-0.4, -0.2) is 42.1 Å². The summed E-state index contributed by atoms with van der Waals surface area (Å²) in [5.41, 5.74) is 13.4. The van der Waals surface area contributed by atoms with Gasteiger partial charge in [0.15, 0.2) is 0 Å². The van der Waals surface area contributed by atoms with Gasteiger partial charge in [0.1, 0.15) is 19.3 Å². The Kier molecular flexibility index (Phi) is 18.3. The lowest BCUT2D eigenvalue weighted by Crippen LogP contribution is -2.49. The Labute approximate surface area is 318 Å². The van der Waals surface area contributed by atoms with Crippen molar-refractivity contribution in [2.75, 3.05) is 13.1 Å². The maximum absolute atomic E-state index is 13.6. The number of nitrogens with two attached hydrogens (primary N) is 1. The van der Waals surface area contributed by atoms with Crippen LogP contribution in [-0.2, 0) is 53.2 Å². The zero-order valence-corrected chi connectivity index (χ0v) is 32.3. The molecule has 53 heavy (non-hydrogen) atoms. The summed E-state index contributed by atoms with van der Waals surface area (Å²) in [6.45, 7) is 5.94. The second-order valence-electron chi connectivity index (χ2n) is 14.8. The molecule has 0 bridgehead atoms. The molecule has 0 saturated heterocycles. The van der Waals surface area contributed by atoms with Crippen LogP contribution in [0.2, 0.25) is 0 Å². The molecule has 8 heteroatoms. The highest BCUT2D eigenvalue weighted by Gasteiger charge is 2.30. The monoisotopic (exact) mass is 725 g/mol. The molecule has 2 atom stereocenters. The van der Waals surface area contributed by atoms with Gasteiger partial charge in [-0.1, -0.05) is 119 Å². The summed E-state index contributed by atoms with van der Waals surface area (Å²) < 4.78 is 11.1. The van der Waals surface area contributed by atoms with Gasteiger partial charge in [-0.2, -0.15) is 0 Å². The largest absolute Gasteiger partial charge is 0.445 e. The molecule has 4 rings (SSSR count). The maximum atomic E-state index is 13.6. The fraction of sp³-hybridized carbons (Fsp3) is 0.533. The summed E-state index contributed by atoms with van der Waals surface area (Å²) in [4.78, 5) is 40.4. The van der Waals surface area contributed by atoms with Crippen LogP contribution in [0.25, 0.3) is 0 Å². The number of benzene rings is 3. The molecule has 0 spiro atoms. The van der Waals surface area contributed by atoms with E-state index in [1.807, 2.05) is 60.7 Å². The van der Waals surface area contributed by atoms with Crippen LogP contribution in [0, 0.1) is 5.92 Å². The smallest absolute Gasteiger partial charge is 0.410 e. The molecule has 0 aliphatic heterocycles. The number of aryl methyl sites for hydroxylation is 2. The molecule has 0 radical (unpaired) electrons. The van der Waals surface area contributed by atoms with Gasteiger partial charge in [0.25, 0.3) is 0 Å². The van der Waals surface area contributed by atoms with E-state index < -0.39 is 18.0 Å². The quantitative estimate of drug-likeness (QED) is 0.0947. The first-order chi connectivity index (χ1) is 25.9. The zero-order valence-electron chi connectivity index (χ0n) is 32.3. The Morgan fingerprint density at radius 3 is 1.94 bits per heavy atom. The summed E-state index contributed by atoms with van der Waals surface area (Å²) in [5.74, 6) is 0.0705. The van der Waals surface area contributed by atoms with Crippen molar-refractivity contribution in [3.8, 4) is 0 Å². The molecule has 3 aromatic rings. The van der Waals surface area contributed by atoms with E-state index in [9.17, 15) is 14.4 Å². The SMILES string of the molecule is CCCCCCC(C)CCCN(C(=O)OCc1ccccc1)[C@@H](CCc1ccc(CCCCNC(=O)OCc2ccccc2)c2c1CCCC2)C(N)=O. The third-order valence-electron chi connectivity index (χ3n) is 10.6. The molecule has 3 N–H and O–H groups in total. The minimum absolute atomic E-state index is 0.152. The van der Waals surface area contributed by atoms with Crippen LogP contribution in [0.3, 0.4) is 0 Å². The number of hydrogen-bond acceptors (Lipinski definition) is 5. The van der Waals surface area contributed by atoms with Crippen molar-refractivity contribution in [3.63, 3.8) is 0 Å². The lowest BCUT2D eigenvalue weighted by Gasteiger charge is -2.30. The van der Waals surface area contributed by atoms with E-state index in [0.717, 1.165) is 62.5 Å². The third-order valence-corrected chi connectivity index (χ3v) is 10.6. The summed E-state index contributed by atoms with van der Waals surface area (Å²) >= 11 is 0. The topological polar surface area (TPSA) is 111 Å². The number of alkyl carbamates (subject to hydrolysis) is 1. The fourth-order valence-electron chi connectivity index (χ4n) is 7.48. The molecule has 3 amide bonds. The second-order valence-corrected chi connectivity index (χ2v) is 14.8. The van der Waals surface area contributed by atoms with Gasteiger partial charge < -0.3 is 20.5 Å². The Balaban J connectivity index is 1.34. The van der Waals surface area contributed by atoms with E-state index in [2.05, 4.69) is 31.3 Å². The number of carbonyl (C=O) groups excluding carboxylic acids is 3. The van der Waals surface area contributed by atoms with Crippen LogP contribution in [0.4, 0.5) is 9.59 Å². The van der Waals surface area contributed by atoms with Gasteiger partial charge in [0, 0.05) is 13.1 Å². The van der Waals surface area contributed by atoms with Crippen molar-refractivity contribution in [1.82, 2.24) is 10.2 Å². The molecule has 288 valence electrons. The molecule has 0 aromatic heterocycles. The summed E-state index contributed by atoms with van der Waals surface area (Å²) in [7, 11) is 0. The highest BCUT2D eigenvalue weighted by Crippen LogP contribution is 2.30. The molecule has 0 saturated carbocycles. The Morgan fingerprint density at radius 2 is 1.32 bits per heavy atom. The summed E-state index contributed by atoms with van der Waals surface area (Å²) in [6.07, 6.45) is 15.4. The molecule has 1 aliphatic carbocycles. The van der Waals surface area contributed by atoms with E-state index in [4.69, 9.17) is 15.2 Å². The van der Waals surface area contributed by atoms with Crippen LogP contribution < -0.4 is 11.1 Å². The van der Waals surface area contributed by atoms with Crippen LogP contribution in [0.5, 0.6) is 0 Å². The second kappa shape index (κ2) is 23.4. The van der Waals surface area contributed by atoms with Gasteiger partial charge in [0.2, 0.25) is 5.91 Å². The fourth-order valence-corrected chi connectivity index (χ4v) is 7.48. The number of amides is 3. The molecule has 0 heterocycles. The minimum atomic E-state index is -0.746. The average molecular weight is 726 g/mol. The highest BCUT2D eigenvalue weighted by molar-refractivity contribution is 5.84. The van der Waals surface area contributed by atoms with Crippen LogP contribution in [0.1, 0.15) is 124 Å². The van der Waals surface area contributed by atoms with Gasteiger partial charge in [-0.15, -0.1) is 0 Å². The number of fused-ring (bicyclic) bond motifs is 1. The maximum Gasteiger partial charge on any atom is 0.410 e. The number of hydrogen-bond donors (Lipinski definition) is 2. The van der Waals surface area contributed by atoms with E-state index in [-0.39, 0.29) is 19.3 Å². The van der Waals surface area contributed by atoms with Gasteiger partial charge in [-0.25, -0.2) is 9.59 Å². The van der Waals surface area contributed by atoms with Crippen LogP contribution in [0.15, 0.2) is 72.8 Å². The lowest BCUT2D eigenvalue weighted by molar-refractivity contribution is -0.123. The normalized spacial score (nSPS) is 13.4. The first-order valence-corrected chi connectivity index (χ1v) is 20.2. The molecule has 1 unspecified atom stereocenters. The van der Waals surface area contributed by atoms with E-state index in [1.54, 1.807) is 4.90 Å². The molecule has 0 fully saturated rings. The van der Waals surface area contributed by atoms with Crippen molar-refractivity contribution < 1.29 is 23.9 Å². The number of primary amides is 1. The van der Waals surface area contributed by atoms with Gasteiger partial charge >= 0.3 is 12.2 Å². The summed E-state index contributed by atoms with van der Waals surface area (Å²) in [5, 5.41) is 2.87. The van der Waals surface area contributed by atoms with Crippen molar-refractivity contribution >= 4 is 18.1 Å². The predicted molar refractivity (Wildman–Crippen MR) is 212 cm³/mol. The lowest BCUT2D eigenvalue weighted by atomic mass is 9.82. The van der Waals surface area contributed by atoms with Gasteiger partial charge in [-0.05, 0) is 110 Å². The van der Waals surface area contributed by atoms with Crippen molar-refractivity contribution in [2.24, 2.45) is 11.7 Å². The number of ether oxygens (including phenoxy) is 2. The predicted octanol–water partition coefficient (Wildman–Crippen LogP) is 9.63. The molecule has 3 aromatic carbocycles. The molecule has 8 nitrogen and oxygen atoms in total. The first-order valence-electron chi connectivity index (χ1n) is 20.2. The Morgan fingerprint density at radius 1 is 0.717 bits per heavy atom. The third kappa shape index (κ3) is 14.5. The van der Waals surface area contributed by atoms with Crippen molar-refractivity contribution in [1.29, 1.82) is 0 Å².